The van der Waals surface area contributed by atoms with E-state index in [1.54, 1.807) is 12.1 Å². The molecule has 104 valence electrons. The molecule has 1 aliphatic heterocycles. The zero-order chi connectivity index (χ0) is 13.9. The Morgan fingerprint density at radius 3 is 2.85 bits per heavy atom. The predicted octanol–water partition coefficient (Wildman–Crippen LogP) is 0.807. The molecule has 1 aromatic carbocycles. The molecule has 0 unspecified atom stereocenters. The lowest BCUT2D eigenvalue weighted by Gasteiger charge is -2.24. The quantitative estimate of drug-likeness (QED) is 0.898. The van der Waals surface area contributed by atoms with Crippen molar-refractivity contribution in [3.63, 3.8) is 0 Å². The van der Waals surface area contributed by atoms with Gasteiger partial charge in [-0.15, -0.1) is 10.2 Å². The zero-order valence-corrected chi connectivity index (χ0v) is 10.7. The summed E-state index contributed by atoms with van der Waals surface area (Å²) in [7, 11) is 0. The van der Waals surface area contributed by atoms with Crippen molar-refractivity contribution in [2.75, 3.05) is 19.6 Å². The van der Waals surface area contributed by atoms with E-state index in [9.17, 15) is 9.18 Å². The molecule has 3 rings (SSSR count). The number of carbonyl (C=O) groups is 1. The van der Waals surface area contributed by atoms with E-state index in [4.69, 9.17) is 4.42 Å². The Bertz CT molecular complexity index is 611. The van der Waals surface area contributed by atoms with E-state index >= 15 is 0 Å². The number of nitrogens with zero attached hydrogens (tertiary/aromatic N) is 3. The summed E-state index contributed by atoms with van der Waals surface area (Å²) in [6.45, 7) is 2.13. The first-order valence-electron chi connectivity index (χ1n) is 6.28. The van der Waals surface area contributed by atoms with Crippen LogP contribution in [-0.2, 0) is 11.3 Å². The average Bonchev–Trinajstić information content (AvgIpc) is 2.88. The topological polar surface area (TPSA) is 71.3 Å². The fourth-order valence-electron chi connectivity index (χ4n) is 2.04. The van der Waals surface area contributed by atoms with E-state index in [-0.39, 0.29) is 11.7 Å². The molecule has 2 heterocycles. The third-order valence-corrected chi connectivity index (χ3v) is 3.03. The summed E-state index contributed by atoms with van der Waals surface area (Å²) in [6.07, 6.45) is 0. The lowest BCUT2D eigenvalue weighted by Crippen LogP contribution is -2.47. The summed E-state index contributed by atoms with van der Waals surface area (Å²) in [5, 5.41) is 10.6. The van der Waals surface area contributed by atoms with Gasteiger partial charge in [-0.2, -0.15) is 0 Å². The molecule has 2 aromatic rings. The number of benzene rings is 1. The largest absolute Gasteiger partial charge is 0.419 e. The summed E-state index contributed by atoms with van der Waals surface area (Å²) < 4.78 is 18.4. The lowest BCUT2D eigenvalue weighted by molar-refractivity contribution is -0.124. The minimum atomic E-state index is -0.312. The monoisotopic (exact) mass is 276 g/mol. The number of hydrogen-bond acceptors (Lipinski definition) is 5. The van der Waals surface area contributed by atoms with Crippen molar-refractivity contribution >= 4 is 5.91 Å². The molecule has 0 saturated carbocycles. The summed E-state index contributed by atoms with van der Waals surface area (Å²) in [4.78, 5) is 13.2. The van der Waals surface area contributed by atoms with Gasteiger partial charge in [-0.3, -0.25) is 9.69 Å². The van der Waals surface area contributed by atoms with Crippen LogP contribution in [0.15, 0.2) is 28.7 Å². The van der Waals surface area contributed by atoms with Crippen molar-refractivity contribution in [2.24, 2.45) is 0 Å². The molecule has 20 heavy (non-hydrogen) atoms. The Morgan fingerprint density at radius 1 is 1.30 bits per heavy atom. The van der Waals surface area contributed by atoms with Gasteiger partial charge in [0, 0.05) is 18.7 Å². The minimum absolute atomic E-state index is 0.00507. The summed E-state index contributed by atoms with van der Waals surface area (Å²) >= 11 is 0. The van der Waals surface area contributed by atoms with E-state index in [0.29, 0.717) is 37.0 Å². The normalized spacial score (nSPS) is 16.1. The SMILES string of the molecule is O=C1CN(Cc2nnc(-c3ccc(F)cc3)o2)CCN1. The second-order valence-electron chi connectivity index (χ2n) is 4.57. The van der Waals surface area contributed by atoms with Crippen molar-refractivity contribution in [2.45, 2.75) is 6.54 Å². The van der Waals surface area contributed by atoms with Crippen LogP contribution >= 0.6 is 0 Å². The van der Waals surface area contributed by atoms with Crippen LogP contribution in [0, 0.1) is 5.82 Å². The highest BCUT2D eigenvalue weighted by atomic mass is 19.1. The fourth-order valence-corrected chi connectivity index (χ4v) is 2.04. The van der Waals surface area contributed by atoms with Gasteiger partial charge in [0.05, 0.1) is 13.1 Å². The van der Waals surface area contributed by atoms with Gasteiger partial charge in [0.2, 0.25) is 17.7 Å². The predicted molar refractivity (Wildman–Crippen MR) is 68.0 cm³/mol. The molecule has 0 aliphatic carbocycles. The number of piperazine rings is 1. The van der Waals surface area contributed by atoms with Crippen molar-refractivity contribution < 1.29 is 13.6 Å². The highest BCUT2D eigenvalue weighted by Gasteiger charge is 2.19. The van der Waals surface area contributed by atoms with Gasteiger partial charge in [0.1, 0.15) is 5.82 Å². The number of halogens is 1. The van der Waals surface area contributed by atoms with E-state index in [0.717, 1.165) is 6.54 Å². The molecule has 7 heteroatoms. The Labute approximate surface area is 114 Å². The van der Waals surface area contributed by atoms with Crippen molar-refractivity contribution in [3.8, 4) is 11.5 Å². The zero-order valence-electron chi connectivity index (χ0n) is 10.7. The highest BCUT2D eigenvalue weighted by molar-refractivity contribution is 5.78. The van der Waals surface area contributed by atoms with Crippen LogP contribution in [0.1, 0.15) is 5.89 Å². The van der Waals surface area contributed by atoms with Gasteiger partial charge in [-0.1, -0.05) is 0 Å². The molecule has 6 nitrogen and oxygen atoms in total. The maximum Gasteiger partial charge on any atom is 0.247 e. The molecule has 1 aromatic heterocycles. The molecular weight excluding hydrogens is 263 g/mol. The van der Waals surface area contributed by atoms with Gasteiger partial charge in [0.15, 0.2) is 0 Å². The minimum Gasteiger partial charge on any atom is -0.419 e. The third-order valence-electron chi connectivity index (χ3n) is 3.03. The number of carbonyl (C=O) groups excluding carboxylic acids is 1. The van der Waals surface area contributed by atoms with Crippen molar-refractivity contribution in [1.29, 1.82) is 0 Å². The number of nitrogens with one attached hydrogen (secondary N) is 1. The molecule has 1 amide bonds. The van der Waals surface area contributed by atoms with E-state index in [1.807, 2.05) is 4.90 Å². The standard InChI is InChI=1S/C13H13FN4O2/c14-10-3-1-9(2-4-10)13-17-16-12(20-13)8-18-6-5-15-11(19)7-18/h1-4H,5-8H2,(H,15,19). The molecule has 0 bridgehead atoms. The second-order valence-corrected chi connectivity index (χ2v) is 4.57. The second kappa shape index (κ2) is 5.38. The molecular formula is C13H13FN4O2. The Kier molecular flexibility index (Phi) is 3.42. The molecule has 0 radical (unpaired) electrons. The summed E-state index contributed by atoms with van der Waals surface area (Å²) in [6, 6.07) is 5.85. The van der Waals surface area contributed by atoms with Gasteiger partial charge in [-0.25, -0.2) is 4.39 Å². The smallest absolute Gasteiger partial charge is 0.247 e. The highest BCUT2D eigenvalue weighted by Crippen LogP contribution is 2.18. The first-order chi connectivity index (χ1) is 9.70. The van der Waals surface area contributed by atoms with E-state index < -0.39 is 0 Å². The van der Waals surface area contributed by atoms with Crippen LogP contribution in [0.5, 0.6) is 0 Å². The number of aromatic nitrogens is 2. The Balaban J connectivity index is 1.70. The average molecular weight is 276 g/mol. The molecule has 1 aliphatic rings. The molecule has 1 saturated heterocycles. The van der Waals surface area contributed by atoms with Crippen LogP contribution in [0.2, 0.25) is 0 Å². The Morgan fingerprint density at radius 2 is 2.10 bits per heavy atom. The maximum absolute atomic E-state index is 12.8. The number of rotatable bonds is 3. The van der Waals surface area contributed by atoms with Gasteiger partial charge in [-0.05, 0) is 24.3 Å². The third kappa shape index (κ3) is 2.83. The molecule has 0 spiro atoms. The van der Waals surface area contributed by atoms with Crippen LogP contribution in [0.25, 0.3) is 11.5 Å². The van der Waals surface area contributed by atoms with Crippen LogP contribution < -0.4 is 5.32 Å². The first-order valence-corrected chi connectivity index (χ1v) is 6.28. The van der Waals surface area contributed by atoms with E-state index in [2.05, 4.69) is 15.5 Å². The van der Waals surface area contributed by atoms with Gasteiger partial charge < -0.3 is 9.73 Å². The van der Waals surface area contributed by atoms with Crippen LogP contribution in [0.3, 0.4) is 0 Å². The fraction of sp³-hybridized carbons (Fsp3) is 0.308. The molecule has 1 N–H and O–H groups in total. The molecule has 0 atom stereocenters. The van der Waals surface area contributed by atoms with E-state index in [1.165, 1.54) is 12.1 Å². The van der Waals surface area contributed by atoms with Gasteiger partial charge in [0.25, 0.3) is 0 Å². The number of hydrogen-bond donors (Lipinski definition) is 1. The Hall–Kier alpha value is -2.28. The maximum atomic E-state index is 12.8. The van der Waals surface area contributed by atoms with Gasteiger partial charge >= 0.3 is 0 Å². The van der Waals surface area contributed by atoms with Crippen LogP contribution in [-0.4, -0.2) is 40.6 Å². The number of amides is 1. The first kappa shape index (κ1) is 12.7. The summed E-state index contributed by atoms with van der Waals surface area (Å²) in [5.74, 6) is 0.475. The molecule has 1 fully saturated rings. The van der Waals surface area contributed by atoms with Crippen molar-refractivity contribution in [3.05, 3.63) is 36.0 Å². The lowest BCUT2D eigenvalue weighted by atomic mass is 10.2. The van der Waals surface area contributed by atoms with Crippen LogP contribution in [0.4, 0.5) is 4.39 Å². The van der Waals surface area contributed by atoms with Crippen molar-refractivity contribution in [1.82, 2.24) is 20.4 Å². The summed E-state index contributed by atoms with van der Waals surface area (Å²) in [5.41, 5.74) is 0.668.